The maximum Gasteiger partial charge on any atom is 0.338 e. The van der Waals surface area contributed by atoms with Crippen molar-refractivity contribution in [2.75, 3.05) is 13.7 Å². The van der Waals surface area contributed by atoms with Gasteiger partial charge >= 0.3 is 5.97 Å². The lowest BCUT2D eigenvalue weighted by Crippen LogP contribution is -2.64. The number of esters is 1. The van der Waals surface area contributed by atoms with Crippen molar-refractivity contribution in [3.8, 4) is 0 Å². The van der Waals surface area contributed by atoms with Crippen molar-refractivity contribution in [3.63, 3.8) is 0 Å². The number of Topliss-reactive ketones (excluding diaryl/α,β-unsaturated/α-hetero) is 1. The Kier molecular flexibility index (Phi) is 3.24. The van der Waals surface area contributed by atoms with Crippen molar-refractivity contribution in [1.29, 1.82) is 0 Å². The van der Waals surface area contributed by atoms with Crippen LogP contribution >= 0.6 is 12.2 Å². The van der Waals surface area contributed by atoms with E-state index in [0.717, 1.165) is 42.8 Å². The summed E-state index contributed by atoms with van der Waals surface area (Å²) in [5.74, 6) is -0.245. The molecule has 4 aliphatic rings. The van der Waals surface area contributed by atoms with Gasteiger partial charge in [0.05, 0.1) is 17.7 Å². The Morgan fingerprint density at radius 1 is 1.17 bits per heavy atom. The van der Waals surface area contributed by atoms with Crippen LogP contribution in [-0.4, -0.2) is 46.4 Å². The van der Waals surface area contributed by atoms with Crippen molar-refractivity contribution in [3.05, 3.63) is 22.5 Å². The van der Waals surface area contributed by atoms with Crippen LogP contribution in [0.15, 0.2) is 22.5 Å². The monoisotopic (exact) mass is 347 g/mol. The molecule has 0 bridgehead atoms. The summed E-state index contributed by atoms with van der Waals surface area (Å²) in [4.78, 5) is 28.8. The fourth-order valence-electron chi connectivity index (χ4n) is 5.18. The van der Waals surface area contributed by atoms with Gasteiger partial charge < -0.3 is 14.4 Å². The van der Waals surface area contributed by atoms with Gasteiger partial charge in [-0.15, -0.1) is 0 Å². The van der Waals surface area contributed by atoms with Gasteiger partial charge in [0.1, 0.15) is 5.54 Å². The molecule has 0 saturated carbocycles. The fourth-order valence-corrected chi connectivity index (χ4v) is 5.53. The lowest BCUT2D eigenvalue weighted by Gasteiger charge is -2.46. The summed E-state index contributed by atoms with van der Waals surface area (Å²) in [6.07, 6.45) is 4.29. The minimum Gasteiger partial charge on any atom is -0.496 e. The number of carbonyl (C=O) groups is 2. The van der Waals surface area contributed by atoms with Crippen LogP contribution in [0.2, 0.25) is 0 Å². The Hall–Kier alpha value is -1.69. The number of thiocarbonyl (C=S) groups is 1. The Morgan fingerprint density at radius 3 is 2.62 bits per heavy atom. The summed E-state index contributed by atoms with van der Waals surface area (Å²) in [5, 5.41) is 0. The molecular weight excluding hydrogens is 326 g/mol. The number of hydrogen-bond acceptors (Lipinski definition) is 5. The molecular formula is C18H21NO4S. The number of ketones is 1. The molecule has 1 aliphatic carbocycles. The normalized spacial score (nSPS) is 35.6. The number of carbonyl (C=O) groups excluding carboxylic acids is 2. The molecule has 5 nitrogen and oxygen atoms in total. The first-order chi connectivity index (χ1) is 11.4. The van der Waals surface area contributed by atoms with Gasteiger partial charge in [0.2, 0.25) is 5.78 Å². The zero-order valence-corrected chi connectivity index (χ0v) is 15.0. The molecule has 0 aromatic rings. The first-order valence-corrected chi connectivity index (χ1v) is 8.87. The van der Waals surface area contributed by atoms with E-state index in [4.69, 9.17) is 21.7 Å². The Balaban J connectivity index is 2.05. The van der Waals surface area contributed by atoms with Crippen LogP contribution < -0.4 is 0 Å². The molecule has 0 radical (unpaired) electrons. The molecule has 24 heavy (non-hydrogen) atoms. The summed E-state index contributed by atoms with van der Waals surface area (Å²) >= 11 is 5.62. The number of methoxy groups -OCH3 is 1. The Labute approximate surface area is 146 Å². The van der Waals surface area contributed by atoms with Gasteiger partial charge in [-0.1, -0.05) is 12.2 Å². The van der Waals surface area contributed by atoms with E-state index in [1.807, 2.05) is 6.92 Å². The van der Waals surface area contributed by atoms with E-state index in [-0.39, 0.29) is 5.78 Å². The van der Waals surface area contributed by atoms with Gasteiger partial charge in [0.25, 0.3) is 5.60 Å². The second-order valence-electron chi connectivity index (χ2n) is 7.02. The zero-order valence-electron chi connectivity index (χ0n) is 14.2. The van der Waals surface area contributed by atoms with Gasteiger partial charge in [-0.2, -0.15) is 0 Å². The highest BCUT2D eigenvalue weighted by molar-refractivity contribution is 7.80. The van der Waals surface area contributed by atoms with Crippen LogP contribution in [-0.2, 0) is 19.1 Å². The summed E-state index contributed by atoms with van der Waals surface area (Å²) in [7, 11) is 1.51. The molecule has 2 fully saturated rings. The molecule has 0 aromatic carbocycles. The molecule has 0 N–H and O–H groups in total. The predicted molar refractivity (Wildman–Crippen MR) is 91.4 cm³/mol. The van der Waals surface area contributed by atoms with E-state index in [0.29, 0.717) is 23.3 Å². The third-order valence-electron chi connectivity index (χ3n) is 6.13. The summed E-state index contributed by atoms with van der Waals surface area (Å²) in [6, 6.07) is 0. The molecule has 3 heterocycles. The third kappa shape index (κ3) is 1.49. The number of nitrogens with zero attached hydrogens (tertiary/aromatic N) is 1. The average molecular weight is 347 g/mol. The van der Waals surface area contributed by atoms with E-state index in [2.05, 4.69) is 4.90 Å². The highest BCUT2D eigenvalue weighted by atomic mass is 32.1. The van der Waals surface area contributed by atoms with Crippen LogP contribution in [0.4, 0.5) is 0 Å². The van der Waals surface area contributed by atoms with Gasteiger partial charge in [-0.05, 0) is 50.7 Å². The maximum atomic E-state index is 13.4. The van der Waals surface area contributed by atoms with Gasteiger partial charge in [-0.25, -0.2) is 4.79 Å². The third-order valence-corrected chi connectivity index (χ3v) is 6.56. The maximum absolute atomic E-state index is 13.4. The summed E-state index contributed by atoms with van der Waals surface area (Å²) in [5.41, 5.74) is 0.0927. The molecule has 2 saturated heterocycles. The van der Waals surface area contributed by atoms with Crippen molar-refractivity contribution >= 4 is 29.0 Å². The van der Waals surface area contributed by atoms with Crippen molar-refractivity contribution in [2.24, 2.45) is 0 Å². The topological polar surface area (TPSA) is 55.8 Å². The quantitative estimate of drug-likeness (QED) is 0.536. The van der Waals surface area contributed by atoms with Gasteiger partial charge in [-0.3, -0.25) is 4.79 Å². The molecule has 0 unspecified atom stereocenters. The fraction of sp³-hybridized carbons (Fsp3) is 0.611. The summed E-state index contributed by atoms with van der Waals surface area (Å²) in [6.45, 7) is 4.31. The van der Waals surface area contributed by atoms with E-state index >= 15 is 0 Å². The minimum absolute atomic E-state index is 0.142. The lowest BCUT2D eigenvalue weighted by molar-refractivity contribution is -0.165. The molecule has 0 amide bonds. The second kappa shape index (κ2) is 4.91. The van der Waals surface area contributed by atoms with E-state index in [1.165, 1.54) is 7.11 Å². The van der Waals surface area contributed by atoms with Crippen molar-refractivity contribution < 1.29 is 19.1 Å². The standard InChI is InChI=1S/C18H21NO4S/c1-10-12-6-4-5-9-19-13(24)7-8-17(12,19)18(14(10)20)15(22-3)11(2)16(21)23-18/h4-9H2,1-3H3/t17-,18+/m1/s1. The van der Waals surface area contributed by atoms with Crippen molar-refractivity contribution in [2.45, 2.75) is 57.1 Å². The van der Waals surface area contributed by atoms with E-state index < -0.39 is 17.1 Å². The molecule has 2 spiro atoms. The van der Waals surface area contributed by atoms with Crippen LogP contribution in [0, 0.1) is 0 Å². The molecule has 0 aromatic heterocycles. The number of ether oxygens (including phenoxy) is 2. The lowest BCUT2D eigenvalue weighted by atomic mass is 9.73. The zero-order chi connectivity index (χ0) is 17.3. The SMILES string of the molecule is COC1=C(C)C(=O)O[C@@]12C(=O)C(C)=C1CCCCN3C(=S)CC[C@]132. The first kappa shape index (κ1) is 15.8. The molecule has 4 rings (SSSR count). The Morgan fingerprint density at radius 2 is 1.92 bits per heavy atom. The number of hydrogen-bond donors (Lipinski definition) is 0. The first-order valence-electron chi connectivity index (χ1n) is 8.46. The van der Waals surface area contributed by atoms with Crippen LogP contribution in [0.3, 0.4) is 0 Å². The Bertz CT molecular complexity index is 752. The summed E-state index contributed by atoms with van der Waals surface area (Å²) < 4.78 is 11.5. The van der Waals surface area contributed by atoms with Crippen LogP contribution in [0.25, 0.3) is 0 Å². The molecule has 3 aliphatic heterocycles. The highest BCUT2D eigenvalue weighted by Gasteiger charge is 2.75. The molecule has 6 heteroatoms. The molecule has 2 atom stereocenters. The minimum atomic E-state index is -1.40. The van der Waals surface area contributed by atoms with E-state index in [1.54, 1.807) is 6.92 Å². The van der Waals surface area contributed by atoms with Crippen LogP contribution in [0.1, 0.15) is 46.0 Å². The van der Waals surface area contributed by atoms with Gasteiger partial charge in [0, 0.05) is 13.0 Å². The smallest absolute Gasteiger partial charge is 0.338 e. The second-order valence-corrected chi connectivity index (χ2v) is 7.50. The highest BCUT2D eigenvalue weighted by Crippen LogP contribution is 2.60. The molecule has 128 valence electrons. The van der Waals surface area contributed by atoms with Crippen LogP contribution in [0.5, 0.6) is 0 Å². The number of rotatable bonds is 1. The average Bonchev–Trinajstić information content (AvgIpc) is 3.00. The van der Waals surface area contributed by atoms with Crippen molar-refractivity contribution in [1.82, 2.24) is 4.90 Å². The van der Waals surface area contributed by atoms with Gasteiger partial charge in [0.15, 0.2) is 5.76 Å². The van der Waals surface area contributed by atoms with E-state index in [9.17, 15) is 9.59 Å². The largest absolute Gasteiger partial charge is 0.496 e. The predicted octanol–water partition coefficient (Wildman–Crippen LogP) is 2.45.